The van der Waals surface area contributed by atoms with Crippen molar-refractivity contribution in [2.24, 2.45) is 0 Å². The Bertz CT molecular complexity index is 1420. The summed E-state index contributed by atoms with van der Waals surface area (Å²) >= 11 is 4.30. The molecule has 3 heterocycles. The van der Waals surface area contributed by atoms with Gasteiger partial charge in [-0.3, -0.25) is 14.2 Å². The van der Waals surface area contributed by atoms with Crippen molar-refractivity contribution in [3.63, 3.8) is 0 Å². The minimum absolute atomic E-state index is 0.0196. The number of alkyl halides is 2. The van der Waals surface area contributed by atoms with Crippen molar-refractivity contribution in [2.75, 3.05) is 13.1 Å². The average molecular weight is 536 g/mol. The number of nitrogens with zero attached hydrogens (tertiary/aromatic N) is 3. The number of hydrogen-bond donors (Lipinski definition) is 0. The molecule has 1 aliphatic heterocycles. The lowest BCUT2D eigenvalue weighted by atomic mass is 9.99. The lowest BCUT2D eigenvalue weighted by Crippen LogP contribution is -2.60. The number of thiophene rings is 1. The molecular formula is C23H17BrF3N3O2S. The van der Waals surface area contributed by atoms with Gasteiger partial charge in [-0.25, -0.2) is 18.2 Å². The summed E-state index contributed by atoms with van der Waals surface area (Å²) < 4.78 is 43.2. The monoisotopic (exact) mass is 535 g/mol. The van der Waals surface area contributed by atoms with Crippen LogP contribution in [0.1, 0.15) is 24.6 Å². The molecule has 1 saturated carbocycles. The summed E-state index contributed by atoms with van der Waals surface area (Å²) in [6.45, 7) is 1.10. The number of aromatic nitrogens is 2. The molecule has 0 atom stereocenters. The molecule has 33 heavy (non-hydrogen) atoms. The van der Waals surface area contributed by atoms with Crippen molar-refractivity contribution in [2.45, 2.75) is 37.6 Å². The Morgan fingerprint density at radius 1 is 1.30 bits per heavy atom. The zero-order chi connectivity index (χ0) is 23.5. The number of fused-ring (bicyclic) bond motifs is 1. The smallest absolute Gasteiger partial charge is 0.263 e. The lowest BCUT2D eigenvalue weighted by molar-refractivity contribution is -0.144. The van der Waals surface area contributed by atoms with Crippen molar-refractivity contribution < 1.29 is 18.0 Å². The highest BCUT2D eigenvalue weighted by Gasteiger charge is 2.42. The first-order valence-electron chi connectivity index (χ1n) is 10.2. The molecule has 5 nitrogen and oxygen atoms in total. The Morgan fingerprint density at radius 3 is 2.67 bits per heavy atom. The summed E-state index contributed by atoms with van der Waals surface area (Å²) in [5.74, 6) is 4.62. The van der Waals surface area contributed by atoms with Gasteiger partial charge in [0, 0.05) is 5.56 Å². The zero-order valence-corrected chi connectivity index (χ0v) is 19.8. The van der Waals surface area contributed by atoms with Crippen molar-refractivity contribution in [1.82, 2.24) is 14.5 Å². The van der Waals surface area contributed by atoms with Crippen LogP contribution in [0.3, 0.4) is 0 Å². The van der Waals surface area contributed by atoms with Crippen molar-refractivity contribution in [1.29, 1.82) is 0 Å². The van der Waals surface area contributed by atoms with Crippen LogP contribution in [0.15, 0.2) is 33.8 Å². The molecule has 2 aliphatic rings. The molecule has 170 valence electrons. The van der Waals surface area contributed by atoms with E-state index in [1.807, 2.05) is 0 Å². The molecule has 0 radical (unpaired) electrons. The van der Waals surface area contributed by atoms with E-state index in [0.717, 1.165) is 11.3 Å². The predicted molar refractivity (Wildman–Crippen MR) is 123 cm³/mol. The van der Waals surface area contributed by atoms with Crippen LogP contribution in [-0.2, 0) is 11.3 Å². The Kier molecular flexibility index (Phi) is 5.18. The Balaban J connectivity index is 1.61. The number of carbonyl (C=O) groups is 1. The van der Waals surface area contributed by atoms with E-state index in [1.54, 1.807) is 0 Å². The van der Waals surface area contributed by atoms with Gasteiger partial charge in [0.05, 0.1) is 34.2 Å². The second-order valence-corrected chi connectivity index (χ2v) is 10.5. The molecule has 1 amide bonds. The number of rotatable bonds is 3. The number of halogens is 4. The van der Waals surface area contributed by atoms with Crippen LogP contribution in [0.5, 0.6) is 0 Å². The Hall–Kier alpha value is -2.64. The normalized spacial score (nSPS) is 17.9. The van der Waals surface area contributed by atoms with Crippen molar-refractivity contribution in [3.8, 4) is 23.0 Å². The lowest BCUT2D eigenvalue weighted by Gasteiger charge is -2.42. The molecule has 2 aromatic heterocycles. The van der Waals surface area contributed by atoms with Gasteiger partial charge in [-0.1, -0.05) is 17.9 Å². The number of hydrogen-bond acceptors (Lipinski definition) is 4. The fourth-order valence-corrected chi connectivity index (χ4v) is 5.12. The molecule has 3 aromatic rings. The number of amides is 1. The fourth-order valence-electron chi connectivity index (χ4n) is 3.73. The van der Waals surface area contributed by atoms with E-state index in [-0.39, 0.29) is 35.4 Å². The maximum Gasteiger partial charge on any atom is 0.263 e. The maximum atomic E-state index is 14.2. The van der Waals surface area contributed by atoms with Gasteiger partial charge in [-0.2, -0.15) is 0 Å². The van der Waals surface area contributed by atoms with Crippen LogP contribution in [0.25, 0.3) is 21.3 Å². The molecular weight excluding hydrogens is 519 g/mol. The molecule has 0 spiro atoms. The van der Waals surface area contributed by atoms with Crippen LogP contribution in [0.4, 0.5) is 13.2 Å². The predicted octanol–water partition coefficient (Wildman–Crippen LogP) is 4.45. The van der Waals surface area contributed by atoms with Gasteiger partial charge in [-0.15, -0.1) is 11.3 Å². The van der Waals surface area contributed by atoms with Gasteiger partial charge in [0.15, 0.2) is 5.67 Å². The number of likely N-dealkylation sites (tertiary alicyclic amines) is 1. The van der Waals surface area contributed by atoms with Gasteiger partial charge < -0.3 is 4.90 Å². The van der Waals surface area contributed by atoms with Gasteiger partial charge >= 0.3 is 0 Å². The molecule has 10 heteroatoms. The van der Waals surface area contributed by atoms with E-state index in [4.69, 9.17) is 0 Å². The summed E-state index contributed by atoms with van der Waals surface area (Å²) in [6.07, 6.45) is 2.00. The summed E-state index contributed by atoms with van der Waals surface area (Å²) in [5.41, 5.74) is -2.46. The molecule has 5 rings (SSSR count). The minimum Gasteiger partial charge on any atom is -0.335 e. The minimum atomic E-state index is -1.51. The van der Waals surface area contributed by atoms with E-state index >= 15 is 0 Å². The summed E-state index contributed by atoms with van der Waals surface area (Å²) in [7, 11) is 0. The molecule has 0 N–H and O–H groups in total. The van der Waals surface area contributed by atoms with Crippen LogP contribution < -0.4 is 5.56 Å². The van der Waals surface area contributed by atoms with Crippen LogP contribution >= 0.6 is 27.3 Å². The van der Waals surface area contributed by atoms with Crippen molar-refractivity contribution in [3.05, 3.63) is 50.0 Å². The second kappa shape index (κ2) is 7.71. The van der Waals surface area contributed by atoms with Crippen LogP contribution in [-0.4, -0.2) is 44.8 Å². The third kappa shape index (κ3) is 4.20. The Morgan fingerprint density at radius 2 is 2.03 bits per heavy atom. The highest BCUT2D eigenvalue weighted by Crippen LogP contribution is 2.41. The van der Waals surface area contributed by atoms with E-state index in [0.29, 0.717) is 33.7 Å². The topological polar surface area (TPSA) is 55.2 Å². The summed E-state index contributed by atoms with van der Waals surface area (Å²) in [6, 6.07) is 4.29. The largest absolute Gasteiger partial charge is 0.335 e. The first kappa shape index (κ1) is 22.2. The number of carbonyl (C=O) groups excluding carboxylic acids is 1. The molecule has 0 unspecified atom stereocenters. The van der Waals surface area contributed by atoms with Gasteiger partial charge in [0.2, 0.25) is 5.91 Å². The molecule has 1 saturated heterocycles. The van der Waals surface area contributed by atoms with E-state index in [9.17, 15) is 22.8 Å². The highest BCUT2D eigenvalue weighted by molar-refractivity contribution is 9.10. The highest BCUT2D eigenvalue weighted by atomic mass is 79.9. The summed E-state index contributed by atoms with van der Waals surface area (Å²) in [4.78, 5) is 32.4. The van der Waals surface area contributed by atoms with E-state index < -0.39 is 22.7 Å². The average Bonchev–Trinajstić information content (AvgIpc) is 3.35. The molecule has 1 aromatic carbocycles. The van der Waals surface area contributed by atoms with Crippen molar-refractivity contribution >= 4 is 43.4 Å². The maximum absolute atomic E-state index is 14.2. The Labute approximate surface area is 199 Å². The first-order chi connectivity index (χ1) is 15.6. The van der Waals surface area contributed by atoms with Crippen LogP contribution in [0, 0.1) is 17.7 Å². The first-order valence-corrected chi connectivity index (χ1v) is 11.8. The second-order valence-electron chi connectivity index (χ2n) is 8.67. The van der Waals surface area contributed by atoms with Gasteiger partial charge in [-0.05, 0) is 53.4 Å². The quantitative estimate of drug-likeness (QED) is 0.465. The zero-order valence-electron chi connectivity index (χ0n) is 17.4. The number of benzene rings is 1. The molecule has 2 fully saturated rings. The third-order valence-electron chi connectivity index (χ3n) is 5.68. The molecule has 0 bridgehead atoms. The van der Waals surface area contributed by atoms with Gasteiger partial charge in [0.25, 0.3) is 5.56 Å². The third-order valence-corrected chi connectivity index (χ3v) is 7.30. The van der Waals surface area contributed by atoms with E-state index in [1.165, 1.54) is 40.9 Å². The fraction of sp³-hybridized carbons (Fsp3) is 0.348. The van der Waals surface area contributed by atoms with Crippen LogP contribution in [0.2, 0.25) is 0 Å². The summed E-state index contributed by atoms with van der Waals surface area (Å²) in [5, 5.41) is 0.223. The van der Waals surface area contributed by atoms with Gasteiger partial charge in [0.1, 0.15) is 22.9 Å². The molecule has 1 aliphatic carbocycles. The SMILES string of the molecule is CC1(F)CN(C(=O)Cn2cnc3sc(C#CC4(F)CC4)c(-c4ccc(F)c(Br)c4)c3c2=O)C1. The standard InChI is InChI=1S/C23H17BrF3N3O2S/c1-22(26)10-30(11-22)17(31)9-29-12-28-20-19(21(29)32)18(13-2-3-15(25)14(24)8-13)16(33-20)4-5-23(27)6-7-23/h2-3,8,12H,6-7,9-11H2,1H3. The van der Waals surface area contributed by atoms with E-state index in [2.05, 4.69) is 32.8 Å².